The van der Waals surface area contributed by atoms with Crippen LogP contribution in [0.3, 0.4) is 0 Å². The van der Waals surface area contributed by atoms with Crippen molar-refractivity contribution >= 4 is 21.7 Å². The minimum Gasteiger partial charge on any atom is -0.379 e. The van der Waals surface area contributed by atoms with E-state index in [9.17, 15) is 9.59 Å². The average molecular weight is 437 g/mol. The van der Waals surface area contributed by atoms with Crippen molar-refractivity contribution in [3.63, 3.8) is 0 Å². The molecule has 1 aromatic carbocycles. The second kappa shape index (κ2) is 9.34. The van der Waals surface area contributed by atoms with Gasteiger partial charge in [-0.15, -0.1) is 0 Å². The number of halogens is 1. The van der Waals surface area contributed by atoms with Gasteiger partial charge in [0, 0.05) is 37.2 Å². The van der Waals surface area contributed by atoms with Crippen molar-refractivity contribution in [1.29, 1.82) is 0 Å². The van der Waals surface area contributed by atoms with Crippen LogP contribution in [0.25, 0.3) is 0 Å². The van der Waals surface area contributed by atoms with E-state index in [0.717, 1.165) is 53.9 Å². The summed E-state index contributed by atoms with van der Waals surface area (Å²) in [7, 11) is 1.50. The number of hydrogen-bond donors (Lipinski definition) is 1. The predicted molar refractivity (Wildman–Crippen MR) is 110 cm³/mol. The molecule has 146 valence electrons. The molecular weight excluding hydrogens is 412 g/mol. The van der Waals surface area contributed by atoms with Gasteiger partial charge in [-0.1, -0.05) is 34.1 Å². The third-order valence-electron chi connectivity index (χ3n) is 4.75. The number of ether oxygens (including phenoxy) is 1. The lowest BCUT2D eigenvalue weighted by molar-refractivity contribution is 0.0378. The molecule has 2 aromatic rings. The molecule has 0 bridgehead atoms. The molecule has 3 rings (SSSR count). The van der Waals surface area contributed by atoms with Crippen LogP contribution in [0, 0.1) is 0 Å². The lowest BCUT2D eigenvalue weighted by Gasteiger charge is -2.26. The third kappa shape index (κ3) is 5.09. The highest BCUT2D eigenvalue weighted by Crippen LogP contribution is 2.17. The molecule has 1 saturated heterocycles. The topological polar surface area (TPSA) is 68.5 Å². The molecule has 1 fully saturated rings. The summed E-state index contributed by atoms with van der Waals surface area (Å²) in [6.45, 7) is 5.54. The van der Waals surface area contributed by atoms with Gasteiger partial charge >= 0.3 is 5.69 Å². The minimum absolute atomic E-state index is 0.306. The van der Waals surface area contributed by atoms with Gasteiger partial charge in [-0.3, -0.25) is 18.8 Å². The molecule has 0 amide bonds. The van der Waals surface area contributed by atoms with Gasteiger partial charge in [0.25, 0.3) is 5.56 Å². The first kappa shape index (κ1) is 19.9. The fourth-order valence-corrected chi connectivity index (χ4v) is 3.52. The van der Waals surface area contributed by atoms with Crippen molar-refractivity contribution in [3.05, 3.63) is 61.2 Å². The molecule has 1 N–H and O–H groups in total. The van der Waals surface area contributed by atoms with Gasteiger partial charge in [0.15, 0.2) is 0 Å². The SMILES string of the molecule is Cn1c(=O)cc(NCCCN2CCOCC2)n(Cc2ccccc2Br)c1=O. The number of anilines is 1. The summed E-state index contributed by atoms with van der Waals surface area (Å²) < 4.78 is 9.03. The Balaban J connectivity index is 1.72. The Morgan fingerprint density at radius 1 is 1.19 bits per heavy atom. The van der Waals surface area contributed by atoms with E-state index in [1.807, 2.05) is 24.3 Å². The number of aromatic nitrogens is 2. The normalized spacial score (nSPS) is 15.0. The molecule has 0 unspecified atom stereocenters. The van der Waals surface area contributed by atoms with E-state index >= 15 is 0 Å². The molecule has 7 nitrogen and oxygen atoms in total. The fraction of sp³-hybridized carbons (Fsp3) is 0.474. The number of hydrogen-bond acceptors (Lipinski definition) is 5. The van der Waals surface area contributed by atoms with E-state index in [1.165, 1.54) is 13.1 Å². The second-order valence-corrected chi connectivity index (χ2v) is 7.48. The second-order valence-electron chi connectivity index (χ2n) is 6.62. The molecule has 8 heteroatoms. The van der Waals surface area contributed by atoms with Crippen LogP contribution in [0.4, 0.5) is 5.82 Å². The zero-order valence-electron chi connectivity index (χ0n) is 15.5. The first-order valence-corrected chi connectivity index (χ1v) is 9.94. The Labute approximate surface area is 166 Å². The zero-order valence-corrected chi connectivity index (χ0v) is 17.1. The minimum atomic E-state index is -0.325. The summed E-state index contributed by atoms with van der Waals surface area (Å²) in [6.07, 6.45) is 0.929. The van der Waals surface area contributed by atoms with Crippen LogP contribution in [-0.4, -0.2) is 53.4 Å². The third-order valence-corrected chi connectivity index (χ3v) is 5.52. The summed E-state index contributed by atoms with van der Waals surface area (Å²) in [5.74, 6) is 0.556. The van der Waals surface area contributed by atoms with Crippen molar-refractivity contribution in [3.8, 4) is 0 Å². The summed E-state index contributed by atoms with van der Waals surface area (Å²) in [5, 5.41) is 3.28. The van der Waals surface area contributed by atoms with E-state index in [2.05, 4.69) is 26.1 Å². The zero-order chi connectivity index (χ0) is 19.2. The summed E-state index contributed by atoms with van der Waals surface area (Å²) in [4.78, 5) is 27.1. The van der Waals surface area contributed by atoms with Crippen LogP contribution in [0.1, 0.15) is 12.0 Å². The quantitative estimate of drug-likeness (QED) is 0.665. The van der Waals surface area contributed by atoms with E-state index in [4.69, 9.17) is 4.74 Å². The van der Waals surface area contributed by atoms with E-state index < -0.39 is 0 Å². The maximum absolute atomic E-state index is 12.7. The van der Waals surface area contributed by atoms with Crippen molar-refractivity contribution in [1.82, 2.24) is 14.0 Å². The first-order valence-electron chi connectivity index (χ1n) is 9.14. The molecule has 1 aliphatic heterocycles. The molecule has 0 radical (unpaired) electrons. The van der Waals surface area contributed by atoms with Crippen molar-refractivity contribution < 1.29 is 4.74 Å². The smallest absolute Gasteiger partial charge is 0.332 e. The molecule has 1 aliphatic rings. The van der Waals surface area contributed by atoms with Gasteiger partial charge in [-0.25, -0.2) is 4.79 Å². The molecule has 0 aliphatic carbocycles. The molecule has 27 heavy (non-hydrogen) atoms. The summed E-state index contributed by atoms with van der Waals surface area (Å²) in [6, 6.07) is 9.26. The van der Waals surface area contributed by atoms with E-state index in [1.54, 1.807) is 4.57 Å². The maximum Gasteiger partial charge on any atom is 0.332 e. The van der Waals surface area contributed by atoms with Gasteiger partial charge in [-0.2, -0.15) is 0 Å². The highest BCUT2D eigenvalue weighted by Gasteiger charge is 2.12. The van der Waals surface area contributed by atoms with Crippen LogP contribution >= 0.6 is 15.9 Å². The van der Waals surface area contributed by atoms with Crippen LogP contribution < -0.4 is 16.6 Å². The summed E-state index contributed by atoms with van der Waals surface area (Å²) in [5.41, 5.74) is 0.350. The van der Waals surface area contributed by atoms with Crippen LogP contribution in [0.15, 0.2) is 44.4 Å². The highest BCUT2D eigenvalue weighted by molar-refractivity contribution is 9.10. The molecule has 2 heterocycles. The number of nitrogens with one attached hydrogen (secondary N) is 1. The molecular formula is C19H25BrN4O3. The number of rotatable bonds is 7. The molecule has 1 aromatic heterocycles. The molecule has 0 saturated carbocycles. The van der Waals surface area contributed by atoms with Gasteiger partial charge in [0.2, 0.25) is 0 Å². The number of nitrogens with zero attached hydrogens (tertiary/aromatic N) is 3. The Hall–Kier alpha value is -1.90. The first-order chi connectivity index (χ1) is 13.1. The predicted octanol–water partition coefficient (Wildman–Crippen LogP) is 1.49. The van der Waals surface area contributed by atoms with Crippen molar-refractivity contribution in [2.24, 2.45) is 7.05 Å². The Kier molecular flexibility index (Phi) is 6.87. The monoisotopic (exact) mass is 436 g/mol. The average Bonchev–Trinajstić information content (AvgIpc) is 2.68. The van der Waals surface area contributed by atoms with Gasteiger partial charge in [-0.05, 0) is 24.6 Å². The standard InChI is InChI=1S/C19H25BrN4O3/c1-22-18(25)13-17(21-7-4-8-23-9-11-27-12-10-23)24(19(22)26)14-15-5-2-3-6-16(15)20/h2-3,5-6,13,21H,4,7-12,14H2,1H3. The van der Waals surface area contributed by atoms with E-state index in [-0.39, 0.29) is 11.2 Å². The molecule has 0 atom stereocenters. The molecule has 0 spiro atoms. The van der Waals surface area contributed by atoms with Crippen molar-refractivity contribution in [2.45, 2.75) is 13.0 Å². The van der Waals surface area contributed by atoms with Gasteiger partial charge in [0.1, 0.15) is 5.82 Å². The number of morpholine rings is 1. The highest BCUT2D eigenvalue weighted by atomic mass is 79.9. The lowest BCUT2D eigenvalue weighted by atomic mass is 10.2. The Bertz CT molecular complexity index is 887. The van der Waals surface area contributed by atoms with Gasteiger partial charge in [0.05, 0.1) is 19.8 Å². The largest absolute Gasteiger partial charge is 0.379 e. The fourth-order valence-electron chi connectivity index (χ4n) is 3.11. The van der Waals surface area contributed by atoms with Crippen LogP contribution in [0.2, 0.25) is 0 Å². The Morgan fingerprint density at radius 2 is 1.93 bits per heavy atom. The maximum atomic E-state index is 12.7. The lowest BCUT2D eigenvalue weighted by Crippen LogP contribution is -2.39. The number of benzene rings is 1. The van der Waals surface area contributed by atoms with Crippen molar-refractivity contribution in [2.75, 3.05) is 44.7 Å². The van der Waals surface area contributed by atoms with E-state index in [0.29, 0.717) is 18.9 Å². The summed E-state index contributed by atoms with van der Waals surface area (Å²) >= 11 is 3.52. The Morgan fingerprint density at radius 3 is 2.67 bits per heavy atom. The van der Waals surface area contributed by atoms with Crippen LogP contribution in [-0.2, 0) is 18.3 Å². The van der Waals surface area contributed by atoms with Gasteiger partial charge < -0.3 is 10.1 Å². The van der Waals surface area contributed by atoms with Crippen LogP contribution in [0.5, 0.6) is 0 Å².